The third-order valence-corrected chi connectivity index (χ3v) is 5.12. The number of rotatable bonds is 6. The van der Waals surface area contributed by atoms with Crippen molar-refractivity contribution in [2.45, 2.75) is 17.3 Å². The molecule has 4 aromatic rings. The molecule has 0 spiro atoms. The normalized spacial score (nSPS) is 11.0. The molecule has 0 radical (unpaired) electrons. The Morgan fingerprint density at radius 3 is 2.78 bits per heavy atom. The maximum absolute atomic E-state index is 5.91. The minimum absolute atomic E-state index is 0.387. The fourth-order valence-corrected chi connectivity index (χ4v) is 3.35. The van der Waals surface area contributed by atoms with E-state index in [-0.39, 0.29) is 0 Å². The number of aromatic nitrogens is 7. The van der Waals surface area contributed by atoms with Gasteiger partial charge in [0.05, 0.1) is 12.6 Å². The average molecular weight is 400 g/mol. The zero-order valence-corrected chi connectivity index (χ0v) is 15.9. The number of benzene rings is 1. The molecule has 10 heteroatoms. The van der Waals surface area contributed by atoms with E-state index in [1.165, 1.54) is 5.56 Å². The Kier molecular flexibility index (Phi) is 5.12. The third-order valence-electron chi connectivity index (χ3n) is 3.78. The molecule has 0 unspecified atom stereocenters. The van der Waals surface area contributed by atoms with Crippen molar-refractivity contribution in [3.63, 3.8) is 0 Å². The van der Waals surface area contributed by atoms with Crippen molar-refractivity contribution >= 4 is 23.4 Å². The molecule has 0 atom stereocenters. The molecule has 0 aliphatic carbocycles. The smallest absolute Gasteiger partial charge is 0.234 e. The van der Waals surface area contributed by atoms with E-state index in [1.807, 2.05) is 35.9 Å². The standard InChI is InChI=1S/C17H14ClN7OS/c1-25-14(8-15-21-16(24-26-15)13-9-19-6-7-20-13)22-23-17(25)27-10-11-2-4-12(18)5-3-11/h2-7,9H,8,10H2,1H3. The molecule has 0 aliphatic rings. The second kappa shape index (κ2) is 7.85. The molecule has 3 heterocycles. The Bertz CT molecular complexity index is 1030. The molecule has 1 aromatic carbocycles. The minimum atomic E-state index is 0.387. The maximum Gasteiger partial charge on any atom is 0.234 e. The fourth-order valence-electron chi connectivity index (χ4n) is 2.33. The van der Waals surface area contributed by atoms with Crippen molar-refractivity contribution in [2.24, 2.45) is 7.05 Å². The predicted octanol–water partition coefficient (Wildman–Crippen LogP) is 3.19. The summed E-state index contributed by atoms with van der Waals surface area (Å²) in [5.74, 6) is 2.36. The number of thioether (sulfide) groups is 1. The van der Waals surface area contributed by atoms with E-state index >= 15 is 0 Å². The van der Waals surface area contributed by atoms with Crippen LogP contribution in [0, 0.1) is 0 Å². The van der Waals surface area contributed by atoms with Crippen molar-refractivity contribution in [1.29, 1.82) is 0 Å². The van der Waals surface area contributed by atoms with Crippen LogP contribution in [0.2, 0.25) is 5.02 Å². The van der Waals surface area contributed by atoms with Gasteiger partial charge in [-0.3, -0.25) is 4.98 Å². The van der Waals surface area contributed by atoms with Crippen LogP contribution in [0.1, 0.15) is 17.3 Å². The first-order valence-electron chi connectivity index (χ1n) is 8.03. The highest BCUT2D eigenvalue weighted by molar-refractivity contribution is 7.98. The Morgan fingerprint density at radius 1 is 1.15 bits per heavy atom. The monoisotopic (exact) mass is 399 g/mol. The molecule has 4 rings (SSSR count). The SMILES string of the molecule is Cn1c(Cc2nc(-c3cnccn3)no2)nnc1SCc1ccc(Cl)cc1. The molecule has 136 valence electrons. The Labute approximate surface area is 164 Å². The molecule has 0 N–H and O–H groups in total. The number of nitrogens with zero attached hydrogens (tertiary/aromatic N) is 7. The summed E-state index contributed by atoms with van der Waals surface area (Å²) in [7, 11) is 1.92. The fraction of sp³-hybridized carbons (Fsp3) is 0.176. The molecular formula is C17H14ClN7OS. The molecule has 0 aliphatic heterocycles. The summed E-state index contributed by atoms with van der Waals surface area (Å²) < 4.78 is 7.22. The first kappa shape index (κ1) is 17.6. The summed E-state index contributed by atoms with van der Waals surface area (Å²) in [6.45, 7) is 0. The van der Waals surface area contributed by atoms with Gasteiger partial charge in [0.15, 0.2) is 5.16 Å². The molecule has 27 heavy (non-hydrogen) atoms. The third kappa shape index (κ3) is 4.15. The van der Waals surface area contributed by atoms with E-state index in [1.54, 1.807) is 30.4 Å². The quantitative estimate of drug-likeness (QED) is 0.456. The van der Waals surface area contributed by atoms with Gasteiger partial charge in [0.2, 0.25) is 11.7 Å². The van der Waals surface area contributed by atoms with Crippen LogP contribution < -0.4 is 0 Å². The highest BCUT2D eigenvalue weighted by Gasteiger charge is 2.15. The molecular weight excluding hydrogens is 386 g/mol. The van der Waals surface area contributed by atoms with Crippen LogP contribution in [0.15, 0.2) is 52.5 Å². The number of hydrogen-bond donors (Lipinski definition) is 0. The van der Waals surface area contributed by atoms with Gasteiger partial charge in [-0.05, 0) is 17.7 Å². The summed E-state index contributed by atoms with van der Waals surface area (Å²) >= 11 is 7.52. The molecule has 0 amide bonds. The minimum Gasteiger partial charge on any atom is -0.338 e. The maximum atomic E-state index is 5.91. The molecule has 0 fully saturated rings. The molecule has 0 saturated carbocycles. The lowest BCUT2D eigenvalue weighted by atomic mass is 10.2. The average Bonchev–Trinajstić information content (AvgIpc) is 3.30. The van der Waals surface area contributed by atoms with Gasteiger partial charge in [0, 0.05) is 30.2 Å². The van der Waals surface area contributed by atoms with Gasteiger partial charge >= 0.3 is 0 Å². The zero-order valence-electron chi connectivity index (χ0n) is 14.3. The lowest BCUT2D eigenvalue weighted by molar-refractivity contribution is 0.382. The van der Waals surface area contributed by atoms with Gasteiger partial charge in [-0.2, -0.15) is 4.98 Å². The Morgan fingerprint density at radius 2 is 2.00 bits per heavy atom. The summed E-state index contributed by atoms with van der Waals surface area (Å²) in [4.78, 5) is 12.5. The van der Waals surface area contributed by atoms with Gasteiger partial charge in [0.1, 0.15) is 11.5 Å². The van der Waals surface area contributed by atoms with Crippen molar-refractivity contribution in [2.75, 3.05) is 0 Å². The second-order valence-corrected chi connectivity index (χ2v) is 7.03. The van der Waals surface area contributed by atoms with E-state index in [0.717, 1.165) is 21.8 Å². The predicted molar refractivity (Wildman–Crippen MR) is 100 cm³/mol. The van der Waals surface area contributed by atoms with Crippen molar-refractivity contribution in [1.82, 2.24) is 34.9 Å². The van der Waals surface area contributed by atoms with Crippen LogP contribution >= 0.6 is 23.4 Å². The summed E-state index contributed by atoms with van der Waals surface area (Å²) in [6, 6.07) is 7.76. The highest BCUT2D eigenvalue weighted by atomic mass is 35.5. The lowest BCUT2D eigenvalue weighted by Gasteiger charge is -2.03. The van der Waals surface area contributed by atoms with Crippen molar-refractivity contribution in [3.05, 3.63) is 65.2 Å². The van der Waals surface area contributed by atoms with Gasteiger partial charge in [-0.1, -0.05) is 40.7 Å². The van der Waals surface area contributed by atoms with E-state index in [0.29, 0.717) is 23.8 Å². The van der Waals surface area contributed by atoms with E-state index in [2.05, 4.69) is 30.3 Å². The van der Waals surface area contributed by atoms with E-state index < -0.39 is 0 Å². The Hall–Kier alpha value is -2.78. The topological polar surface area (TPSA) is 95.4 Å². The number of halogens is 1. The van der Waals surface area contributed by atoms with Crippen LogP contribution in [-0.2, 0) is 19.2 Å². The molecule has 3 aromatic heterocycles. The molecule has 0 saturated heterocycles. The zero-order chi connectivity index (χ0) is 18.6. The van der Waals surface area contributed by atoms with Crippen LogP contribution in [-0.4, -0.2) is 34.9 Å². The van der Waals surface area contributed by atoms with Gasteiger partial charge < -0.3 is 9.09 Å². The van der Waals surface area contributed by atoms with E-state index in [4.69, 9.17) is 16.1 Å². The molecule has 8 nitrogen and oxygen atoms in total. The molecule has 0 bridgehead atoms. The van der Waals surface area contributed by atoms with E-state index in [9.17, 15) is 0 Å². The summed E-state index contributed by atoms with van der Waals surface area (Å²) in [5, 5.41) is 14.0. The van der Waals surface area contributed by atoms with Crippen LogP contribution in [0.3, 0.4) is 0 Å². The van der Waals surface area contributed by atoms with Gasteiger partial charge in [-0.15, -0.1) is 10.2 Å². The highest BCUT2D eigenvalue weighted by Crippen LogP contribution is 2.23. The van der Waals surface area contributed by atoms with Crippen molar-refractivity contribution in [3.8, 4) is 11.5 Å². The summed E-state index contributed by atoms with van der Waals surface area (Å²) in [5.41, 5.74) is 1.73. The number of hydrogen-bond acceptors (Lipinski definition) is 8. The van der Waals surface area contributed by atoms with Crippen LogP contribution in [0.25, 0.3) is 11.5 Å². The van der Waals surface area contributed by atoms with Crippen LogP contribution in [0.5, 0.6) is 0 Å². The largest absolute Gasteiger partial charge is 0.338 e. The first-order valence-corrected chi connectivity index (χ1v) is 9.40. The Balaban J connectivity index is 1.43. The van der Waals surface area contributed by atoms with Gasteiger partial charge in [-0.25, -0.2) is 4.98 Å². The van der Waals surface area contributed by atoms with Gasteiger partial charge in [0.25, 0.3) is 0 Å². The van der Waals surface area contributed by atoms with Crippen molar-refractivity contribution < 1.29 is 4.52 Å². The summed E-state index contributed by atoms with van der Waals surface area (Å²) in [6.07, 6.45) is 5.15. The second-order valence-electron chi connectivity index (χ2n) is 5.65. The first-order chi connectivity index (χ1) is 13.2. The lowest BCUT2D eigenvalue weighted by Crippen LogP contribution is -2.01. The van der Waals surface area contributed by atoms with Crippen LogP contribution in [0.4, 0.5) is 0 Å².